The van der Waals surface area contributed by atoms with Gasteiger partial charge >= 0.3 is 0 Å². The van der Waals surface area contributed by atoms with Crippen LogP contribution < -0.4 is 5.56 Å². The molecule has 1 N–H and O–H groups in total. The van der Waals surface area contributed by atoms with Gasteiger partial charge in [-0.25, -0.2) is 0 Å². The van der Waals surface area contributed by atoms with Gasteiger partial charge in [-0.1, -0.05) is 5.16 Å². The lowest BCUT2D eigenvalue weighted by Gasteiger charge is -1.94. The van der Waals surface area contributed by atoms with Crippen LogP contribution in [0.2, 0.25) is 0 Å². The van der Waals surface area contributed by atoms with Crippen LogP contribution in [-0.4, -0.2) is 14.9 Å². The van der Waals surface area contributed by atoms with Crippen LogP contribution in [0.15, 0.2) is 21.6 Å². The van der Waals surface area contributed by atoms with E-state index < -0.39 is 0 Å². The Hall–Kier alpha value is -1.78. The SMILES string of the molecule is CCn1[nH]c(-c2cnoc2C)cc1=O. The number of hydrogen-bond donors (Lipinski definition) is 1. The number of hydrogen-bond acceptors (Lipinski definition) is 3. The standard InChI is InChI=1S/C9H11N3O2/c1-3-12-9(13)4-8(11-12)7-5-10-14-6(7)2/h4-5,11H,3H2,1-2H3. The van der Waals surface area contributed by atoms with Crippen molar-refractivity contribution in [2.24, 2.45) is 0 Å². The molecule has 0 bridgehead atoms. The van der Waals surface area contributed by atoms with E-state index in [0.29, 0.717) is 12.3 Å². The second-order valence-electron chi connectivity index (χ2n) is 3.05. The maximum Gasteiger partial charge on any atom is 0.267 e. The number of aromatic nitrogens is 3. The quantitative estimate of drug-likeness (QED) is 0.778. The average molecular weight is 193 g/mol. The molecule has 0 fully saturated rings. The first-order valence-electron chi connectivity index (χ1n) is 4.44. The first kappa shape index (κ1) is 8.80. The van der Waals surface area contributed by atoms with Gasteiger partial charge in [0.1, 0.15) is 5.76 Å². The van der Waals surface area contributed by atoms with E-state index in [1.165, 1.54) is 4.68 Å². The van der Waals surface area contributed by atoms with Crippen molar-refractivity contribution in [1.29, 1.82) is 0 Å². The molecule has 14 heavy (non-hydrogen) atoms. The summed E-state index contributed by atoms with van der Waals surface area (Å²) in [6.07, 6.45) is 1.60. The lowest BCUT2D eigenvalue weighted by molar-refractivity contribution is 0.398. The maximum atomic E-state index is 11.4. The fraction of sp³-hybridized carbons (Fsp3) is 0.333. The summed E-state index contributed by atoms with van der Waals surface area (Å²) < 4.78 is 6.45. The van der Waals surface area contributed by atoms with Crippen molar-refractivity contribution < 1.29 is 4.52 Å². The van der Waals surface area contributed by atoms with E-state index in [2.05, 4.69) is 10.3 Å². The molecule has 2 aromatic rings. The Morgan fingerprint density at radius 3 is 2.93 bits per heavy atom. The molecule has 5 heteroatoms. The molecular formula is C9H11N3O2. The van der Waals surface area contributed by atoms with Crippen LogP contribution in [0.4, 0.5) is 0 Å². The maximum absolute atomic E-state index is 11.4. The minimum Gasteiger partial charge on any atom is -0.361 e. The molecule has 0 saturated carbocycles. The van der Waals surface area contributed by atoms with Crippen molar-refractivity contribution in [2.75, 3.05) is 0 Å². The summed E-state index contributed by atoms with van der Waals surface area (Å²) >= 11 is 0. The number of rotatable bonds is 2. The molecule has 0 radical (unpaired) electrons. The predicted octanol–water partition coefficient (Wildman–Crippen LogP) is 1.16. The summed E-state index contributed by atoms with van der Waals surface area (Å²) in [6.45, 7) is 4.34. The average Bonchev–Trinajstić information content (AvgIpc) is 2.71. The van der Waals surface area contributed by atoms with E-state index in [1.54, 1.807) is 12.3 Å². The summed E-state index contributed by atoms with van der Waals surface area (Å²) in [5.41, 5.74) is 1.54. The van der Waals surface area contributed by atoms with E-state index in [-0.39, 0.29) is 5.56 Å². The van der Waals surface area contributed by atoms with Gasteiger partial charge < -0.3 is 4.52 Å². The smallest absolute Gasteiger partial charge is 0.267 e. The highest BCUT2D eigenvalue weighted by molar-refractivity contribution is 5.59. The lowest BCUT2D eigenvalue weighted by atomic mass is 10.2. The number of nitrogens with one attached hydrogen (secondary N) is 1. The van der Waals surface area contributed by atoms with Crippen molar-refractivity contribution in [3.05, 3.63) is 28.4 Å². The molecule has 0 aliphatic rings. The van der Waals surface area contributed by atoms with Gasteiger partial charge in [0.05, 0.1) is 17.5 Å². The number of H-pyrrole nitrogens is 1. The Balaban J connectivity index is 2.53. The van der Waals surface area contributed by atoms with Gasteiger partial charge in [0.15, 0.2) is 0 Å². The van der Waals surface area contributed by atoms with Gasteiger partial charge in [-0.2, -0.15) is 0 Å². The van der Waals surface area contributed by atoms with Gasteiger partial charge in [-0.05, 0) is 13.8 Å². The van der Waals surface area contributed by atoms with Crippen molar-refractivity contribution in [3.8, 4) is 11.3 Å². The molecule has 2 heterocycles. The molecule has 2 rings (SSSR count). The summed E-state index contributed by atoms with van der Waals surface area (Å²) in [6, 6.07) is 1.54. The third kappa shape index (κ3) is 1.26. The van der Waals surface area contributed by atoms with Gasteiger partial charge in [0, 0.05) is 12.6 Å². The van der Waals surface area contributed by atoms with Crippen LogP contribution >= 0.6 is 0 Å². The largest absolute Gasteiger partial charge is 0.361 e. The van der Waals surface area contributed by atoms with E-state index in [4.69, 9.17) is 4.52 Å². The van der Waals surface area contributed by atoms with Crippen LogP contribution in [0, 0.1) is 6.92 Å². The molecule has 0 spiro atoms. The van der Waals surface area contributed by atoms with Gasteiger partial charge in [-0.3, -0.25) is 14.6 Å². The summed E-state index contributed by atoms with van der Waals surface area (Å²) in [4.78, 5) is 11.4. The third-order valence-electron chi connectivity index (χ3n) is 2.15. The van der Waals surface area contributed by atoms with Crippen molar-refractivity contribution in [3.63, 3.8) is 0 Å². The molecule has 0 aliphatic carbocycles. The van der Waals surface area contributed by atoms with Crippen LogP contribution in [0.5, 0.6) is 0 Å². The van der Waals surface area contributed by atoms with Crippen LogP contribution in [0.1, 0.15) is 12.7 Å². The molecule has 0 aliphatic heterocycles. The van der Waals surface area contributed by atoms with Gasteiger partial charge in [-0.15, -0.1) is 0 Å². The topological polar surface area (TPSA) is 63.8 Å². The van der Waals surface area contributed by atoms with Crippen LogP contribution in [-0.2, 0) is 6.54 Å². The van der Waals surface area contributed by atoms with Gasteiger partial charge in [0.25, 0.3) is 5.56 Å². The van der Waals surface area contributed by atoms with Crippen LogP contribution in [0.25, 0.3) is 11.3 Å². The molecule has 0 aromatic carbocycles. The summed E-state index contributed by atoms with van der Waals surface area (Å²) in [5.74, 6) is 0.703. The highest BCUT2D eigenvalue weighted by Crippen LogP contribution is 2.18. The number of aromatic amines is 1. The fourth-order valence-corrected chi connectivity index (χ4v) is 1.36. The zero-order chi connectivity index (χ0) is 10.1. The van der Waals surface area contributed by atoms with E-state index in [9.17, 15) is 4.79 Å². The Kier molecular flexibility index (Phi) is 1.99. The highest BCUT2D eigenvalue weighted by atomic mass is 16.5. The van der Waals surface area contributed by atoms with Crippen molar-refractivity contribution >= 4 is 0 Å². The fourth-order valence-electron chi connectivity index (χ4n) is 1.36. The Morgan fingerprint density at radius 1 is 1.64 bits per heavy atom. The minimum absolute atomic E-state index is 0.0388. The zero-order valence-corrected chi connectivity index (χ0v) is 8.07. The predicted molar refractivity (Wildman–Crippen MR) is 51.0 cm³/mol. The van der Waals surface area contributed by atoms with E-state index in [1.807, 2.05) is 13.8 Å². The first-order valence-corrected chi connectivity index (χ1v) is 4.44. The Morgan fingerprint density at radius 2 is 2.43 bits per heavy atom. The summed E-state index contributed by atoms with van der Waals surface area (Å²) in [7, 11) is 0. The molecule has 2 aromatic heterocycles. The molecule has 0 atom stereocenters. The molecule has 74 valence electrons. The lowest BCUT2D eigenvalue weighted by Crippen LogP contribution is -2.13. The Labute approximate surface area is 80.3 Å². The molecule has 5 nitrogen and oxygen atoms in total. The van der Waals surface area contributed by atoms with Crippen molar-refractivity contribution in [2.45, 2.75) is 20.4 Å². The van der Waals surface area contributed by atoms with Crippen molar-refractivity contribution in [1.82, 2.24) is 14.9 Å². The number of nitrogens with zero attached hydrogens (tertiary/aromatic N) is 2. The Bertz CT molecular complexity index is 492. The molecular weight excluding hydrogens is 182 g/mol. The molecule has 0 unspecified atom stereocenters. The second-order valence-corrected chi connectivity index (χ2v) is 3.05. The second kappa shape index (κ2) is 3.17. The summed E-state index contributed by atoms with van der Waals surface area (Å²) in [5, 5.41) is 6.64. The van der Waals surface area contributed by atoms with Crippen LogP contribution in [0.3, 0.4) is 0 Å². The normalized spacial score (nSPS) is 10.7. The van der Waals surface area contributed by atoms with E-state index >= 15 is 0 Å². The highest BCUT2D eigenvalue weighted by Gasteiger charge is 2.09. The first-order chi connectivity index (χ1) is 6.72. The minimum atomic E-state index is -0.0388. The zero-order valence-electron chi connectivity index (χ0n) is 8.07. The van der Waals surface area contributed by atoms with Gasteiger partial charge in [0.2, 0.25) is 0 Å². The third-order valence-corrected chi connectivity index (χ3v) is 2.15. The number of aryl methyl sites for hydroxylation is 2. The molecule has 0 amide bonds. The van der Waals surface area contributed by atoms with E-state index in [0.717, 1.165) is 11.3 Å². The molecule has 0 saturated heterocycles. The monoisotopic (exact) mass is 193 g/mol.